The fourth-order valence-electron chi connectivity index (χ4n) is 2.92. The smallest absolute Gasteiger partial charge is 0.126 e. The summed E-state index contributed by atoms with van der Waals surface area (Å²) in [5, 5.41) is 0.858. The number of hydrogen-bond acceptors (Lipinski definition) is 1. The van der Waals surface area contributed by atoms with Crippen molar-refractivity contribution in [1.29, 1.82) is 0 Å². The Labute approximate surface area is 141 Å². The number of hydrogen-bond donors (Lipinski definition) is 0. The molecule has 1 unspecified atom stereocenters. The molecule has 1 atom stereocenters. The van der Waals surface area contributed by atoms with Gasteiger partial charge in [0.15, 0.2) is 0 Å². The van der Waals surface area contributed by atoms with Crippen LogP contribution in [0.2, 0.25) is 5.02 Å². The van der Waals surface area contributed by atoms with E-state index >= 15 is 0 Å². The number of aryl methyl sites for hydroxylation is 1. The van der Waals surface area contributed by atoms with Crippen molar-refractivity contribution in [1.82, 2.24) is 0 Å². The van der Waals surface area contributed by atoms with E-state index in [1.807, 2.05) is 6.07 Å². The minimum absolute atomic E-state index is 0.483. The molecule has 0 heterocycles. The lowest BCUT2D eigenvalue weighted by Crippen LogP contribution is -2.08. The zero-order valence-electron chi connectivity index (χ0n) is 14.8. The maximum Gasteiger partial charge on any atom is 0.126 e. The number of rotatable bonds is 9. The van der Waals surface area contributed by atoms with Crippen molar-refractivity contribution >= 4 is 11.6 Å². The van der Waals surface area contributed by atoms with Crippen LogP contribution in [-0.4, -0.2) is 6.61 Å². The Morgan fingerprint density at radius 1 is 1.14 bits per heavy atom. The van der Waals surface area contributed by atoms with Crippen molar-refractivity contribution < 1.29 is 4.74 Å². The summed E-state index contributed by atoms with van der Waals surface area (Å²) in [5.74, 6) is 1.55. The molecule has 0 aromatic heterocycles. The lowest BCUT2D eigenvalue weighted by molar-refractivity contribution is 0.309. The Morgan fingerprint density at radius 3 is 2.45 bits per heavy atom. The quantitative estimate of drug-likeness (QED) is 0.445. The molecule has 0 aliphatic rings. The molecule has 0 saturated heterocycles. The van der Waals surface area contributed by atoms with Crippen LogP contribution >= 0.6 is 11.6 Å². The lowest BCUT2D eigenvalue weighted by atomic mass is 9.86. The van der Waals surface area contributed by atoms with Crippen LogP contribution in [-0.2, 0) is 0 Å². The molecule has 1 nitrogen and oxygen atoms in total. The van der Waals surface area contributed by atoms with Crippen molar-refractivity contribution in [2.75, 3.05) is 6.61 Å². The molecular weight excluding hydrogens is 292 g/mol. The molecular formula is C20H31ClO. The Bertz CT molecular complexity index is 491. The molecule has 0 saturated carbocycles. The van der Waals surface area contributed by atoms with Gasteiger partial charge >= 0.3 is 0 Å². The van der Waals surface area contributed by atoms with Crippen molar-refractivity contribution in [3.8, 4) is 5.75 Å². The second kappa shape index (κ2) is 9.94. The Kier molecular flexibility index (Phi) is 8.63. The molecule has 0 radical (unpaired) electrons. The maximum atomic E-state index is 6.46. The molecule has 1 aromatic rings. The van der Waals surface area contributed by atoms with Gasteiger partial charge in [-0.15, -0.1) is 0 Å². The van der Waals surface area contributed by atoms with Crippen LogP contribution in [0.5, 0.6) is 5.75 Å². The second-order valence-corrected chi connectivity index (χ2v) is 6.40. The van der Waals surface area contributed by atoms with Crippen LogP contribution in [0.4, 0.5) is 0 Å². The number of halogens is 1. The molecule has 22 heavy (non-hydrogen) atoms. The number of allylic oxidation sites excluding steroid dienone is 2. The standard InChI is InChI=1S/C20H31ClO/c1-6-9-10-12-17(11-7-2)19-16(5)18(21)14-15(4)20(19)22-13-8-3/h9-10,14,17H,6-8,11-13H2,1-5H3/b10-9-. The highest BCUT2D eigenvalue weighted by Gasteiger charge is 2.21. The van der Waals surface area contributed by atoms with Crippen LogP contribution in [0, 0.1) is 13.8 Å². The first-order chi connectivity index (χ1) is 10.6. The minimum Gasteiger partial charge on any atom is -0.493 e. The molecule has 1 aromatic carbocycles. The molecule has 0 N–H and O–H groups in total. The van der Waals surface area contributed by atoms with Crippen molar-refractivity contribution in [3.05, 3.63) is 39.9 Å². The van der Waals surface area contributed by atoms with Gasteiger partial charge in [-0.25, -0.2) is 0 Å². The molecule has 2 heteroatoms. The van der Waals surface area contributed by atoms with Gasteiger partial charge in [-0.2, -0.15) is 0 Å². The van der Waals surface area contributed by atoms with Gasteiger partial charge in [0.05, 0.1) is 6.61 Å². The third kappa shape index (κ3) is 5.05. The van der Waals surface area contributed by atoms with Gasteiger partial charge in [-0.3, -0.25) is 0 Å². The van der Waals surface area contributed by atoms with Gasteiger partial charge in [0.25, 0.3) is 0 Å². The van der Waals surface area contributed by atoms with E-state index in [-0.39, 0.29) is 0 Å². The summed E-state index contributed by atoms with van der Waals surface area (Å²) in [4.78, 5) is 0. The van der Waals surface area contributed by atoms with E-state index in [1.54, 1.807) is 0 Å². The number of benzene rings is 1. The van der Waals surface area contributed by atoms with Gasteiger partial charge in [0, 0.05) is 10.6 Å². The largest absolute Gasteiger partial charge is 0.493 e. The van der Waals surface area contributed by atoms with Crippen LogP contribution in [0.15, 0.2) is 18.2 Å². The SMILES string of the molecule is CC/C=C\CC(CCC)c1c(C)c(Cl)cc(C)c1OCCC. The first kappa shape index (κ1) is 19.1. The molecule has 0 amide bonds. The van der Waals surface area contributed by atoms with Crippen molar-refractivity contribution in [2.24, 2.45) is 0 Å². The van der Waals surface area contributed by atoms with E-state index in [9.17, 15) is 0 Å². The van der Waals surface area contributed by atoms with Gasteiger partial charge in [-0.05, 0) is 62.6 Å². The van der Waals surface area contributed by atoms with Gasteiger partial charge in [0.2, 0.25) is 0 Å². The predicted molar refractivity (Wildman–Crippen MR) is 98.4 cm³/mol. The van der Waals surface area contributed by atoms with E-state index in [4.69, 9.17) is 16.3 Å². The summed E-state index contributed by atoms with van der Waals surface area (Å²) in [7, 11) is 0. The summed E-state index contributed by atoms with van der Waals surface area (Å²) < 4.78 is 6.10. The Morgan fingerprint density at radius 2 is 1.86 bits per heavy atom. The monoisotopic (exact) mass is 322 g/mol. The third-order valence-electron chi connectivity index (χ3n) is 4.03. The van der Waals surface area contributed by atoms with Crippen LogP contribution < -0.4 is 4.74 Å². The highest BCUT2D eigenvalue weighted by molar-refractivity contribution is 6.31. The predicted octanol–water partition coefficient (Wildman–Crippen LogP) is 6.99. The van der Waals surface area contributed by atoms with E-state index < -0.39 is 0 Å². The van der Waals surface area contributed by atoms with E-state index in [2.05, 4.69) is 46.8 Å². The van der Waals surface area contributed by atoms with Crippen LogP contribution in [0.3, 0.4) is 0 Å². The summed E-state index contributed by atoms with van der Waals surface area (Å²) >= 11 is 6.46. The summed E-state index contributed by atoms with van der Waals surface area (Å²) in [5.41, 5.74) is 3.65. The normalized spacial score (nSPS) is 12.8. The van der Waals surface area contributed by atoms with Crippen molar-refractivity contribution in [3.63, 3.8) is 0 Å². The van der Waals surface area contributed by atoms with Crippen molar-refractivity contribution in [2.45, 2.75) is 72.6 Å². The molecule has 0 spiro atoms. The Balaban J connectivity index is 3.27. The Hall–Kier alpha value is -0.950. The topological polar surface area (TPSA) is 9.23 Å². The average molecular weight is 323 g/mol. The van der Waals surface area contributed by atoms with Crippen LogP contribution in [0.25, 0.3) is 0 Å². The van der Waals surface area contributed by atoms with Gasteiger partial charge in [-0.1, -0.05) is 50.9 Å². The summed E-state index contributed by atoms with van der Waals surface area (Å²) in [6.07, 6.45) is 10.1. The zero-order valence-corrected chi connectivity index (χ0v) is 15.6. The summed E-state index contributed by atoms with van der Waals surface area (Å²) in [6, 6.07) is 2.04. The van der Waals surface area contributed by atoms with Gasteiger partial charge in [0.1, 0.15) is 5.75 Å². The van der Waals surface area contributed by atoms with Gasteiger partial charge < -0.3 is 4.74 Å². The maximum absolute atomic E-state index is 6.46. The molecule has 0 aliphatic carbocycles. The molecule has 1 rings (SSSR count). The average Bonchev–Trinajstić information content (AvgIpc) is 2.49. The first-order valence-corrected chi connectivity index (χ1v) is 9.01. The van der Waals surface area contributed by atoms with E-state index in [0.29, 0.717) is 5.92 Å². The fourth-order valence-corrected chi connectivity index (χ4v) is 3.18. The molecule has 0 fully saturated rings. The van der Waals surface area contributed by atoms with Crippen LogP contribution in [0.1, 0.15) is 75.5 Å². The second-order valence-electron chi connectivity index (χ2n) is 5.99. The molecule has 124 valence electrons. The zero-order chi connectivity index (χ0) is 16.5. The minimum atomic E-state index is 0.483. The highest BCUT2D eigenvalue weighted by Crippen LogP contribution is 2.40. The fraction of sp³-hybridized carbons (Fsp3) is 0.600. The lowest BCUT2D eigenvalue weighted by Gasteiger charge is -2.24. The van der Waals surface area contributed by atoms with E-state index in [0.717, 1.165) is 48.6 Å². The first-order valence-electron chi connectivity index (χ1n) is 8.64. The molecule has 0 bridgehead atoms. The van der Waals surface area contributed by atoms with E-state index in [1.165, 1.54) is 17.5 Å². The summed E-state index contributed by atoms with van der Waals surface area (Å²) in [6.45, 7) is 11.6. The highest BCUT2D eigenvalue weighted by atomic mass is 35.5. The molecule has 0 aliphatic heterocycles. The third-order valence-corrected chi connectivity index (χ3v) is 4.42. The number of ether oxygens (including phenoxy) is 1.